The second-order valence-corrected chi connectivity index (χ2v) is 0.706. The lowest BCUT2D eigenvalue weighted by molar-refractivity contribution is -0.0979. The summed E-state index contributed by atoms with van der Waals surface area (Å²) in [4.78, 5) is 8.00. The van der Waals surface area contributed by atoms with E-state index in [0.29, 0.717) is 0 Å². The molecule has 0 rings (SSSR count). The van der Waals surface area contributed by atoms with Gasteiger partial charge in [0.1, 0.15) is 6.79 Å². The molecule has 0 aromatic heterocycles. The standard InChI is InChI=1S/C3H7NO.CH2O/c1-2-3-4-5;1-2/h3,5H,2H2,1H3;1H2. The van der Waals surface area contributed by atoms with Crippen molar-refractivity contribution in [3.8, 4) is 0 Å². The molecule has 0 atom stereocenters. The Morgan fingerprint density at radius 3 is 2.29 bits per heavy atom. The Kier molecular flexibility index (Phi) is 26.0. The van der Waals surface area contributed by atoms with Gasteiger partial charge < -0.3 is 10.0 Å². The van der Waals surface area contributed by atoms with E-state index in [0.717, 1.165) is 6.42 Å². The molecule has 7 heavy (non-hydrogen) atoms. The highest BCUT2D eigenvalue weighted by Gasteiger charge is 1.55. The second kappa shape index (κ2) is 19.2. The van der Waals surface area contributed by atoms with Crippen molar-refractivity contribution in [3.63, 3.8) is 0 Å². The van der Waals surface area contributed by atoms with Crippen LogP contribution in [0.4, 0.5) is 0 Å². The minimum atomic E-state index is 0.802. The molecule has 42 valence electrons. The molecule has 0 radical (unpaired) electrons. The normalized spacial score (nSPS) is 7.57. The molecule has 0 spiro atoms. The smallest absolute Gasteiger partial charge is 0.106 e. The Labute approximate surface area is 42.6 Å². The third-order valence-corrected chi connectivity index (χ3v) is 0.264. The molecule has 0 heterocycles. The van der Waals surface area contributed by atoms with Crippen molar-refractivity contribution >= 4 is 13.0 Å². The molecule has 0 aliphatic rings. The molecular weight excluding hydrogens is 94.0 g/mol. The summed E-state index contributed by atoms with van der Waals surface area (Å²) >= 11 is 0. The average molecular weight is 103 g/mol. The summed E-state index contributed by atoms with van der Waals surface area (Å²) < 4.78 is 0. The van der Waals surface area contributed by atoms with Crippen molar-refractivity contribution < 1.29 is 10.0 Å². The number of carbonyl (C=O) groups excluding carboxylic acids is 1. The molecule has 0 aliphatic heterocycles. The predicted octanol–water partition coefficient (Wildman–Crippen LogP) is 0.671. The first kappa shape index (κ1) is 9.46. The Morgan fingerprint density at radius 1 is 1.86 bits per heavy atom. The van der Waals surface area contributed by atoms with E-state index in [1.807, 2.05) is 13.7 Å². The zero-order valence-corrected chi connectivity index (χ0v) is 4.29. The molecule has 0 fully saturated rings. The molecule has 0 amide bonds. The number of carbonyl (C=O) groups is 1. The highest BCUT2D eigenvalue weighted by atomic mass is 16.4. The maximum atomic E-state index is 8.00. The first-order valence-corrected chi connectivity index (χ1v) is 1.86. The Morgan fingerprint density at radius 2 is 2.29 bits per heavy atom. The van der Waals surface area contributed by atoms with Crippen LogP contribution in [0.25, 0.3) is 0 Å². The van der Waals surface area contributed by atoms with Gasteiger partial charge in [0.25, 0.3) is 0 Å². The van der Waals surface area contributed by atoms with E-state index in [9.17, 15) is 0 Å². The minimum Gasteiger partial charge on any atom is -0.411 e. The Bertz CT molecular complexity index is 45.0. The largest absolute Gasteiger partial charge is 0.411 e. The molecule has 0 saturated carbocycles. The molecule has 0 unspecified atom stereocenters. The number of oxime groups is 1. The number of hydrogen-bond donors (Lipinski definition) is 1. The summed E-state index contributed by atoms with van der Waals surface area (Å²) in [7, 11) is 0. The van der Waals surface area contributed by atoms with Crippen LogP contribution in [0.1, 0.15) is 13.3 Å². The van der Waals surface area contributed by atoms with Gasteiger partial charge in [0.15, 0.2) is 0 Å². The predicted molar refractivity (Wildman–Crippen MR) is 27.7 cm³/mol. The molecule has 0 saturated heterocycles. The summed E-state index contributed by atoms with van der Waals surface area (Å²) in [6, 6.07) is 0. The van der Waals surface area contributed by atoms with Crippen LogP contribution in [0.3, 0.4) is 0 Å². The molecule has 0 bridgehead atoms. The lowest BCUT2D eigenvalue weighted by Crippen LogP contribution is -1.61. The van der Waals surface area contributed by atoms with Crippen LogP contribution in [0.15, 0.2) is 5.16 Å². The maximum Gasteiger partial charge on any atom is 0.106 e. The van der Waals surface area contributed by atoms with E-state index in [-0.39, 0.29) is 0 Å². The summed E-state index contributed by atoms with van der Waals surface area (Å²) in [5.74, 6) is 0. The van der Waals surface area contributed by atoms with Crippen LogP contribution in [-0.4, -0.2) is 18.2 Å². The second-order valence-electron chi connectivity index (χ2n) is 0.706. The van der Waals surface area contributed by atoms with E-state index >= 15 is 0 Å². The molecule has 3 heteroatoms. The van der Waals surface area contributed by atoms with Crippen LogP contribution in [0.2, 0.25) is 0 Å². The SMILES string of the molecule is C=O.CCC=NO. The van der Waals surface area contributed by atoms with Gasteiger partial charge in [-0.3, -0.25) is 0 Å². The van der Waals surface area contributed by atoms with Crippen molar-refractivity contribution in [3.05, 3.63) is 0 Å². The van der Waals surface area contributed by atoms with E-state index in [2.05, 4.69) is 5.16 Å². The van der Waals surface area contributed by atoms with E-state index in [1.54, 1.807) is 0 Å². The third kappa shape index (κ3) is 39.0. The molecule has 0 aromatic carbocycles. The number of hydrogen-bond acceptors (Lipinski definition) is 3. The van der Waals surface area contributed by atoms with Gasteiger partial charge >= 0.3 is 0 Å². The fraction of sp³-hybridized carbons (Fsp3) is 0.500. The van der Waals surface area contributed by atoms with Gasteiger partial charge in [-0.25, -0.2) is 0 Å². The number of rotatable bonds is 1. The minimum absolute atomic E-state index is 0.802. The van der Waals surface area contributed by atoms with Crippen molar-refractivity contribution in [1.29, 1.82) is 0 Å². The zero-order chi connectivity index (χ0) is 6.12. The molecule has 1 N–H and O–H groups in total. The first-order valence-electron chi connectivity index (χ1n) is 1.86. The molecule has 3 nitrogen and oxygen atoms in total. The van der Waals surface area contributed by atoms with Crippen LogP contribution >= 0.6 is 0 Å². The highest BCUT2D eigenvalue weighted by Crippen LogP contribution is 1.60. The van der Waals surface area contributed by atoms with Gasteiger partial charge in [0, 0.05) is 6.21 Å². The topological polar surface area (TPSA) is 49.7 Å². The van der Waals surface area contributed by atoms with Gasteiger partial charge in [-0.15, -0.1) is 5.16 Å². The zero-order valence-electron chi connectivity index (χ0n) is 4.29. The summed E-state index contributed by atoms with van der Waals surface area (Å²) in [5.41, 5.74) is 0. The van der Waals surface area contributed by atoms with E-state index < -0.39 is 0 Å². The van der Waals surface area contributed by atoms with Crippen molar-refractivity contribution in [2.24, 2.45) is 5.16 Å². The Balaban J connectivity index is 0. The fourth-order valence-electron chi connectivity index (χ4n) is 0.0816. The molecular formula is C4H9NO2. The van der Waals surface area contributed by atoms with Gasteiger partial charge in [-0.2, -0.15) is 0 Å². The lowest BCUT2D eigenvalue weighted by atomic mass is 10.6. The van der Waals surface area contributed by atoms with Crippen molar-refractivity contribution in [2.45, 2.75) is 13.3 Å². The van der Waals surface area contributed by atoms with Gasteiger partial charge in [-0.05, 0) is 6.42 Å². The fourth-order valence-corrected chi connectivity index (χ4v) is 0.0816. The van der Waals surface area contributed by atoms with Crippen molar-refractivity contribution in [2.75, 3.05) is 0 Å². The third-order valence-electron chi connectivity index (χ3n) is 0.264. The molecule has 0 aromatic rings. The van der Waals surface area contributed by atoms with E-state index in [1.165, 1.54) is 6.21 Å². The lowest BCUT2D eigenvalue weighted by Gasteiger charge is -1.64. The van der Waals surface area contributed by atoms with E-state index in [4.69, 9.17) is 10.0 Å². The highest BCUT2D eigenvalue weighted by molar-refractivity contribution is 5.55. The molecule has 0 aliphatic carbocycles. The monoisotopic (exact) mass is 103 g/mol. The quantitative estimate of drug-likeness (QED) is 0.301. The summed E-state index contributed by atoms with van der Waals surface area (Å²) in [6.45, 7) is 3.90. The number of nitrogens with zero attached hydrogens (tertiary/aromatic N) is 1. The van der Waals surface area contributed by atoms with Crippen LogP contribution < -0.4 is 0 Å². The summed E-state index contributed by atoms with van der Waals surface area (Å²) in [6.07, 6.45) is 2.23. The Hall–Kier alpha value is -0.860. The van der Waals surface area contributed by atoms with Gasteiger partial charge in [-0.1, -0.05) is 6.92 Å². The van der Waals surface area contributed by atoms with Gasteiger partial charge in [0.05, 0.1) is 0 Å². The summed E-state index contributed by atoms with van der Waals surface area (Å²) in [5, 5.41) is 10.4. The van der Waals surface area contributed by atoms with Crippen LogP contribution in [0, 0.1) is 0 Å². The van der Waals surface area contributed by atoms with Crippen LogP contribution in [0.5, 0.6) is 0 Å². The maximum absolute atomic E-state index is 8.00. The van der Waals surface area contributed by atoms with Crippen LogP contribution in [-0.2, 0) is 4.79 Å². The van der Waals surface area contributed by atoms with Crippen molar-refractivity contribution in [1.82, 2.24) is 0 Å². The average Bonchev–Trinajstić information content (AvgIpc) is 1.75. The van der Waals surface area contributed by atoms with Gasteiger partial charge in [0.2, 0.25) is 0 Å². The first-order chi connectivity index (χ1) is 3.41.